The van der Waals surface area contributed by atoms with Crippen molar-refractivity contribution in [3.05, 3.63) is 243 Å². The van der Waals surface area contributed by atoms with Crippen LogP contribution >= 0.6 is 0 Å². The predicted octanol–water partition coefficient (Wildman–Crippen LogP) is 6.06. The number of benzene rings is 8. The van der Waals surface area contributed by atoms with Gasteiger partial charge in [-0.15, -0.1) is 0 Å². The van der Waals surface area contributed by atoms with Crippen LogP contribution in [0.5, 0.6) is 0 Å². The van der Waals surface area contributed by atoms with Crippen molar-refractivity contribution in [2.45, 2.75) is 26.2 Å². The lowest BCUT2D eigenvalue weighted by Crippen LogP contribution is -2.88. The Hall–Kier alpha value is -5.14. The molecule has 1 fully saturated rings. The molecule has 1 saturated heterocycles. The fraction of sp³-hybridized carbons (Fsp3) is 0.0769. The monoisotopic (exact) mass is 926 g/mol. The molecule has 0 atom stereocenters. The van der Waals surface area contributed by atoms with Crippen molar-refractivity contribution in [1.82, 2.24) is 0 Å². The summed E-state index contributed by atoms with van der Waals surface area (Å²) in [7, 11) is -16.8. The molecule has 0 spiro atoms. The first-order chi connectivity index (χ1) is 30.7. The third-order valence-corrected chi connectivity index (χ3v) is 33.5. The third-order valence-electron chi connectivity index (χ3n) is 11.0. The minimum absolute atomic E-state index is 0.128. The Balaban J connectivity index is 0.000000719. The summed E-state index contributed by atoms with van der Waals surface area (Å²) < 4.78 is 39.2. The molecule has 1 heterocycles. The maximum atomic E-state index is 8.43. The lowest BCUT2D eigenvalue weighted by atomic mass is 10.4. The minimum atomic E-state index is -3.89. The molecule has 11 heteroatoms. The molecule has 0 aromatic heterocycles. The van der Waals surface area contributed by atoms with Crippen LogP contribution in [0.3, 0.4) is 0 Å². The van der Waals surface area contributed by atoms with Crippen molar-refractivity contribution >= 4 is 93.8 Å². The molecule has 0 N–H and O–H groups in total. The summed E-state index contributed by atoms with van der Waals surface area (Å²) in [5.41, 5.74) is 0. The highest BCUT2D eigenvalue weighted by molar-refractivity contribution is 7.16. The smallest absolute Gasteiger partial charge is 0.390 e. The second kappa shape index (κ2) is 19.7. The van der Waals surface area contributed by atoms with E-state index in [0.717, 1.165) is 41.5 Å². The molecule has 0 bridgehead atoms. The highest BCUT2D eigenvalue weighted by Crippen LogP contribution is 2.32. The molecular weight excluding hydrogens is 873 g/mol. The van der Waals surface area contributed by atoms with Gasteiger partial charge in [-0.1, -0.05) is 249 Å². The standard InChI is InChI=1S/C48H40O4Si4.C4H14OSi2/c1-9-25-41(26-10-1)53(42-27-11-2-12-28-42)49-54(43-29-13-3-14-30-43,44-31-15-4-16-32-44)51-56(47-37-21-7-22-38-47,48-39-23-8-24-40-48)52-55(50-53,45-33-17-5-18-34-45)46-35-19-6-20-36-46;1-6-5-7(2,3)4/h1-40H;6H2,1-4H3. The van der Waals surface area contributed by atoms with E-state index in [2.05, 4.69) is 220 Å². The fourth-order valence-electron chi connectivity index (χ4n) is 8.20. The zero-order valence-corrected chi connectivity index (χ0v) is 42.8. The summed E-state index contributed by atoms with van der Waals surface area (Å²) in [6, 6.07) is 84.2. The van der Waals surface area contributed by atoms with Crippen molar-refractivity contribution in [2.24, 2.45) is 0 Å². The molecule has 5 nitrogen and oxygen atoms in total. The van der Waals surface area contributed by atoms with Crippen LogP contribution in [0.25, 0.3) is 0 Å². The van der Waals surface area contributed by atoms with E-state index in [1.807, 2.05) is 48.5 Å². The van der Waals surface area contributed by atoms with E-state index in [9.17, 15) is 0 Å². The van der Waals surface area contributed by atoms with Crippen LogP contribution in [-0.2, 0) is 20.6 Å². The molecular formula is C52H54O5Si6. The normalized spacial score (nSPS) is 16.5. The first-order valence-corrected chi connectivity index (χ1v) is 34.3. The zero-order valence-electron chi connectivity index (χ0n) is 36.3. The van der Waals surface area contributed by atoms with Crippen LogP contribution in [0.4, 0.5) is 0 Å². The molecule has 0 amide bonds. The van der Waals surface area contributed by atoms with Gasteiger partial charge in [0.1, 0.15) is 9.76 Å². The maximum absolute atomic E-state index is 8.43. The summed E-state index contributed by atoms with van der Waals surface area (Å²) in [4.78, 5) is 0. The maximum Gasteiger partial charge on any atom is 0.390 e. The average molecular weight is 928 g/mol. The van der Waals surface area contributed by atoms with Crippen molar-refractivity contribution in [2.75, 3.05) is 0 Å². The zero-order chi connectivity index (χ0) is 43.6. The largest absolute Gasteiger partial charge is 0.461 e. The molecule has 0 radical (unpaired) electrons. The van der Waals surface area contributed by atoms with Gasteiger partial charge < -0.3 is 20.6 Å². The van der Waals surface area contributed by atoms with E-state index in [1.54, 1.807) is 0 Å². The Morgan fingerprint density at radius 3 is 0.524 bits per heavy atom. The van der Waals surface area contributed by atoms with Gasteiger partial charge in [-0.05, 0) is 61.1 Å². The summed E-state index contributed by atoms with van der Waals surface area (Å²) in [6.07, 6.45) is 0. The predicted molar refractivity (Wildman–Crippen MR) is 275 cm³/mol. The topological polar surface area (TPSA) is 46.2 Å². The third kappa shape index (κ3) is 9.41. The first kappa shape index (κ1) is 44.5. The molecule has 63 heavy (non-hydrogen) atoms. The molecule has 0 saturated carbocycles. The van der Waals surface area contributed by atoms with E-state index < -0.39 is 42.6 Å². The Morgan fingerprint density at radius 1 is 0.286 bits per heavy atom. The van der Waals surface area contributed by atoms with E-state index in [1.165, 1.54) is 0 Å². The van der Waals surface area contributed by atoms with Crippen LogP contribution in [0, 0.1) is 0 Å². The van der Waals surface area contributed by atoms with Crippen molar-refractivity contribution < 1.29 is 20.6 Å². The molecule has 1 aliphatic rings. The Bertz CT molecular complexity index is 2080. The molecule has 1 aliphatic heterocycles. The van der Waals surface area contributed by atoms with Gasteiger partial charge in [0.05, 0.1) is 0 Å². The molecule has 316 valence electrons. The van der Waals surface area contributed by atoms with Gasteiger partial charge in [0.15, 0.2) is 8.32 Å². The van der Waals surface area contributed by atoms with Gasteiger partial charge in [0, 0.05) is 0 Å². The summed E-state index contributed by atoms with van der Waals surface area (Å²) in [5, 5.41) is 7.77. The summed E-state index contributed by atoms with van der Waals surface area (Å²) in [5.74, 6) is 0. The second-order valence-electron chi connectivity index (χ2n) is 16.3. The highest BCUT2D eigenvalue weighted by Gasteiger charge is 2.67. The van der Waals surface area contributed by atoms with E-state index in [0.29, 0.717) is 0 Å². The first-order valence-electron chi connectivity index (χ1n) is 21.6. The van der Waals surface area contributed by atoms with Gasteiger partial charge in [0.25, 0.3) is 0 Å². The summed E-state index contributed by atoms with van der Waals surface area (Å²) >= 11 is 0. The van der Waals surface area contributed by atoms with Gasteiger partial charge >= 0.3 is 34.2 Å². The Kier molecular flexibility index (Phi) is 13.9. The Labute approximate surface area is 381 Å². The van der Waals surface area contributed by atoms with Crippen LogP contribution < -0.4 is 41.5 Å². The molecule has 8 aromatic rings. The highest BCUT2D eigenvalue weighted by atomic mass is 28.5. The van der Waals surface area contributed by atoms with Crippen LogP contribution in [0.1, 0.15) is 0 Å². The van der Waals surface area contributed by atoms with Crippen LogP contribution in [-0.4, -0.2) is 52.3 Å². The van der Waals surface area contributed by atoms with Crippen molar-refractivity contribution in [3.63, 3.8) is 0 Å². The number of hydrogen-bond donors (Lipinski definition) is 0. The van der Waals surface area contributed by atoms with Crippen molar-refractivity contribution in [1.29, 1.82) is 0 Å². The van der Waals surface area contributed by atoms with Gasteiger partial charge in [-0.2, -0.15) is 0 Å². The van der Waals surface area contributed by atoms with E-state index in [-0.39, 0.29) is 9.76 Å². The average Bonchev–Trinajstić information content (AvgIpc) is 3.34. The lowest BCUT2D eigenvalue weighted by Gasteiger charge is -2.53. The van der Waals surface area contributed by atoms with Gasteiger partial charge in [0.2, 0.25) is 0 Å². The van der Waals surface area contributed by atoms with Crippen LogP contribution in [0.2, 0.25) is 26.2 Å². The molecule has 9 rings (SSSR count). The van der Waals surface area contributed by atoms with Crippen molar-refractivity contribution in [3.8, 4) is 0 Å². The fourth-order valence-corrected chi connectivity index (χ4v) is 34.2. The van der Waals surface area contributed by atoms with E-state index >= 15 is 0 Å². The SMILES string of the molecule is C[SiH2]O[Si](C)(C)C.c1ccc([Si]2(c3ccccc3)O[Si](c3ccccc3)(c3ccccc3)O[Si](c3ccccc3)(c3ccccc3)O[Si](c3ccccc3)(c3ccccc3)O2)cc1. The lowest BCUT2D eigenvalue weighted by molar-refractivity contribution is 0.268. The van der Waals surface area contributed by atoms with Gasteiger partial charge in [-0.3, -0.25) is 0 Å². The number of rotatable bonds is 10. The van der Waals surface area contributed by atoms with Crippen LogP contribution in [0.15, 0.2) is 243 Å². The quantitative estimate of drug-likeness (QED) is 0.156. The second-order valence-corrected chi connectivity index (χ2v) is 35.1. The Morgan fingerprint density at radius 2 is 0.429 bits per heavy atom. The minimum Gasteiger partial charge on any atom is -0.461 e. The van der Waals surface area contributed by atoms with E-state index in [4.69, 9.17) is 20.6 Å². The van der Waals surface area contributed by atoms with Gasteiger partial charge in [-0.25, -0.2) is 0 Å². The molecule has 0 aliphatic carbocycles. The molecule has 0 unspecified atom stereocenters. The molecule has 8 aromatic carbocycles. The number of hydrogen-bond acceptors (Lipinski definition) is 5. The summed E-state index contributed by atoms with van der Waals surface area (Å²) in [6.45, 7) is 8.86.